The standard InChI is InChI=1S/C20H21N3O3S/c1-25-15-8-14(9-16(10-15)26-2)19(24)23-20-22-18(11-27-20)12-3-4-17-13(7-12)5-6-21-17/h7-11,21H,3-6H2,1-2H3,(H,22,23,24). The molecule has 0 saturated heterocycles. The lowest BCUT2D eigenvalue weighted by Gasteiger charge is -2.13. The Morgan fingerprint density at radius 1 is 1.15 bits per heavy atom. The van der Waals surface area contributed by atoms with E-state index in [4.69, 9.17) is 9.47 Å². The summed E-state index contributed by atoms with van der Waals surface area (Å²) < 4.78 is 10.5. The SMILES string of the molecule is COc1cc(OC)cc(C(=O)Nc2nc(C3=CC4=C(CC3)NCC4)cs2)c1. The highest BCUT2D eigenvalue weighted by Gasteiger charge is 2.20. The first-order valence-electron chi connectivity index (χ1n) is 8.83. The monoisotopic (exact) mass is 383 g/mol. The van der Waals surface area contributed by atoms with Crippen LogP contribution in [0, 0.1) is 0 Å². The summed E-state index contributed by atoms with van der Waals surface area (Å²) in [5.41, 5.74) is 5.40. The summed E-state index contributed by atoms with van der Waals surface area (Å²) in [6.07, 6.45) is 5.32. The summed E-state index contributed by atoms with van der Waals surface area (Å²) in [6.45, 7) is 1.02. The summed E-state index contributed by atoms with van der Waals surface area (Å²) in [5.74, 6) is 0.901. The third-order valence-electron chi connectivity index (χ3n) is 4.78. The van der Waals surface area contributed by atoms with Gasteiger partial charge in [0.1, 0.15) is 11.5 Å². The van der Waals surface area contributed by atoms with Gasteiger partial charge in [-0.05, 0) is 42.5 Å². The van der Waals surface area contributed by atoms with Crippen LogP contribution < -0.4 is 20.1 Å². The fraction of sp³-hybridized carbons (Fsp3) is 0.300. The first kappa shape index (κ1) is 17.6. The highest BCUT2D eigenvalue weighted by Crippen LogP contribution is 2.34. The number of anilines is 1. The minimum Gasteiger partial charge on any atom is -0.497 e. The number of rotatable bonds is 5. The zero-order valence-corrected chi connectivity index (χ0v) is 16.1. The fourth-order valence-corrected chi connectivity index (χ4v) is 4.08. The van der Waals surface area contributed by atoms with Crippen LogP contribution in [-0.4, -0.2) is 31.7 Å². The number of thiazole rings is 1. The van der Waals surface area contributed by atoms with Crippen LogP contribution in [0.5, 0.6) is 11.5 Å². The molecule has 0 fully saturated rings. The molecule has 27 heavy (non-hydrogen) atoms. The summed E-state index contributed by atoms with van der Waals surface area (Å²) in [6, 6.07) is 5.09. The molecule has 1 aromatic heterocycles. The van der Waals surface area contributed by atoms with E-state index in [0.717, 1.165) is 31.5 Å². The topological polar surface area (TPSA) is 72.5 Å². The number of aromatic nitrogens is 1. The molecule has 140 valence electrons. The molecule has 2 aromatic rings. The molecular formula is C20H21N3O3S. The quantitative estimate of drug-likeness (QED) is 0.821. The molecular weight excluding hydrogens is 362 g/mol. The average Bonchev–Trinajstić information content (AvgIpc) is 3.36. The molecule has 1 amide bonds. The highest BCUT2D eigenvalue weighted by atomic mass is 32.1. The highest BCUT2D eigenvalue weighted by molar-refractivity contribution is 7.14. The smallest absolute Gasteiger partial charge is 0.257 e. The molecule has 2 heterocycles. The molecule has 0 bridgehead atoms. The third kappa shape index (κ3) is 3.68. The number of benzene rings is 1. The van der Waals surface area contributed by atoms with Crippen LogP contribution >= 0.6 is 11.3 Å². The first-order chi connectivity index (χ1) is 13.2. The Morgan fingerprint density at radius 3 is 2.67 bits per heavy atom. The molecule has 6 nitrogen and oxygen atoms in total. The van der Waals surface area contributed by atoms with E-state index in [-0.39, 0.29) is 5.91 Å². The summed E-state index contributed by atoms with van der Waals surface area (Å²) in [7, 11) is 3.12. The van der Waals surface area contributed by atoms with Gasteiger partial charge in [-0.15, -0.1) is 11.3 Å². The summed E-state index contributed by atoms with van der Waals surface area (Å²) in [5, 5.41) is 8.90. The van der Waals surface area contributed by atoms with E-state index in [0.29, 0.717) is 22.2 Å². The maximum absolute atomic E-state index is 12.6. The van der Waals surface area contributed by atoms with Gasteiger partial charge in [0, 0.05) is 29.3 Å². The Morgan fingerprint density at radius 2 is 1.93 bits per heavy atom. The molecule has 1 aliphatic carbocycles. The number of methoxy groups -OCH3 is 2. The minimum atomic E-state index is -0.240. The molecule has 4 rings (SSSR count). The number of carbonyl (C=O) groups is 1. The second kappa shape index (κ2) is 7.44. The van der Waals surface area contributed by atoms with Gasteiger partial charge >= 0.3 is 0 Å². The van der Waals surface area contributed by atoms with Crippen LogP contribution in [0.1, 0.15) is 35.3 Å². The normalized spacial score (nSPS) is 15.7. The van der Waals surface area contributed by atoms with E-state index >= 15 is 0 Å². The Bertz CT molecular complexity index is 923. The van der Waals surface area contributed by atoms with Crippen molar-refractivity contribution in [2.45, 2.75) is 19.3 Å². The van der Waals surface area contributed by atoms with E-state index in [1.807, 2.05) is 5.38 Å². The molecule has 7 heteroatoms. The lowest BCUT2D eigenvalue weighted by atomic mass is 9.95. The van der Waals surface area contributed by atoms with Crippen molar-refractivity contribution in [2.75, 3.05) is 26.1 Å². The van der Waals surface area contributed by atoms with Gasteiger partial charge in [0.05, 0.1) is 19.9 Å². The molecule has 0 saturated carbocycles. The molecule has 0 radical (unpaired) electrons. The van der Waals surface area contributed by atoms with Crippen LogP contribution in [-0.2, 0) is 0 Å². The molecule has 1 aromatic carbocycles. The van der Waals surface area contributed by atoms with Crippen LogP contribution in [0.2, 0.25) is 0 Å². The maximum Gasteiger partial charge on any atom is 0.257 e. The maximum atomic E-state index is 12.6. The minimum absolute atomic E-state index is 0.240. The first-order valence-corrected chi connectivity index (χ1v) is 9.71. The molecule has 2 aliphatic rings. The molecule has 0 spiro atoms. The number of amides is 1. The van der Waals surface area contributed by atoms with E-state index in [1.165, 1.54) is 28.2 Å². The van der Waals surface area contributed by atoms with Gasteiger partial charge in [-0.3, -0.25) is 10.1 Å². The van der Waals surface area contributed by atoms with Gasteiger partial charge in [0.25, 0.3) is 5.91 Å². The van der Waals surface area contributed by atoms with Crippen molar-refractivity contribution < 1.29 is 14.3 Å². The number of hydrogen-bond donors (Lipinski definition) is 2. The summed E-state index contributed by atoms with van der Waals surface area (Å²) >= 11 is 1.43. The van der Waals surface area contributed by atoms with Crippen molar-refractivity contribution in [2.24, 2.45) is 0 Å². The van der Waals surface area contributed by atoms with Crippen LogP contribution in [0.3, 0.4) is 0 Å². The van der Waals surface area contributed by atoms with Gasteiger partial charge in [-0.1, -0.05) is 6.08 Å². The third-order valence-corrected chi connectivity index (χ3v) is 5.54. The second-order valence-corrected chi connectivity index (χ2v) is 7.30. The van der Waals surface area contributed by atoms with Crippen LogP contribution in [0.4, 0.5) is 5.13 Å². The fourth-order valence-electron chi connectivity index (χ4n) is 3.35. The van der Waals surface area contributed by atoms with Crippen molar-refractivity contribution in [1.29, 1.82) is 0 Å². The number of carbonyl (C=O) groups excluding carboxylic acids is 1. The van der Waals surface area contributed by atoms with Crippen molar-refractivity contribution in [3.8, 4) is 11.5 Å². The van der Waals surface area contributed by atoms with E-state index < -0.39 is 0 Å². The summed E-state index contributed by atoms with van der Waals surface area (Å²) in [4.78, 5) is 17.2. The zero-order valence-electron chi connectivity index (χ0n) is 15.3. The predicted molar refractivity (Wildman–Crippen MR) is 106 cm³/mol. The molecule has 1 aliphatic heterocycles. The van der Waals surface area contributed by atoms with E-state index in [1.54, 1.807) is 32.4 Å². The Kier molecular flexibility index (Phi) is 4.85. The van der Waals surface area contributed by atoms with Crippen molar-refractivity contribution in [1.82, 2.24) is 10.3 Å². The number of allylic oxidation sites excluding steroid dienone is 3. The Hall–Kier alpha value is -2.80. The average molecular weight is 383 g/mol. The lowest BCUT2D eigenvalue weighted by Crippen LogP contribution is -2.12. The largest absolute Gasteiger partial charge is 0.497 e. The van der Waals surface area contributed by atoms with E-state index in [9.17, 15) is 4.79 Å². The van der Waals surface area contributed by atoms with Gasteiger partial charge in [0.15, 0.2) is 5.13 Å². The van der Waals surface area contributed by atoms with Crippen LogP contribution in [0.15, 0.2) is 40.9 Å². The second-order valence-electron chi connectivity index (χ2n) is 6.44. The Labute approximate surface area is 161 Å². The van der Waals surface area contributed by atoms with Gasteiger partial charge in [0.2, 0.25) is 0 Å². The number of hydrogen-bond acceptors (Lipinski definition) is 6. The number of nitrogens with zero attached hydrogens (tertiary/aromatic N) is 1. The molecule has 0 unspecified atom stereocenters. The molecule has 0 atom stereocenters. The number of nitrogens with one attached hydrogen (secondary N) is 2. The molecule has 2 N–H and O–H groups in total. The van der Waals surface area contributed by atoms with Gasteiger partial charge in [-0.2, -0.15) is 0 Å². The van der Waals surface area contributed by atoms with Gasteiger partial charge < -0.3 is 14.8 Å². The van der Waals surface area contributed by atoms with Crippen LogP contribution in [0.25, 0.3) is 5.57 Å². The van der Waals surface area contributed by atoms with Crippen molar-refractivity contribution in [3.63, 3.8) is 0 Å². The Balaban J connectivity index is 1.51. The number of ether oxygens (including phenoxy) is 2. The van der Waals surface area contributed by atoms with Crippen molar-refractivity contribution in [3.05, 3.63) is 52.2 Å². The van der Waals surface area contributed by atoms with E-state index in [2.05, 4.69) is 21.7 Å². The lowest BCUT2D eigenvalue weighted by molar-refractivity contribution is 0.102. The zero-order chi connectivity index (χ0) is 18.8. The van der Waals surface area contributed by atoms with Crippen molar-refractivity contribution >= 4 is 27.9 Å². The van der Waals surface area contributed by atoms with Gasteiger partial charge in [-0.25, -0.2) is 4.98 Å². The predicted octanol–water partition coefficient (Wildman–Crippen LogP) is 3.84.